The zero-order valence-corrected chi connectivity index (χ0v) is 20.9. The van der Waals surface area contributed by atoms with Crippen molar-refractivity contribution < 1.29 is 39.5 Å². The van der Waals surface area contributed by atoms with Gasteiger partial charge >= 0.3 is 0 Å². The second-order valence-corrected chi connectivity index (χ2v) is 8.41. The molecule has 0 fully saturated rings. The van der Waals surface area contributed by atoms with Crippen molar-refractivity contribution in [3.8, 4) is 34.5 Å². The van der Waals surface area contributed by atoms with E-state index in [9.17, 15) is 19.8 Å². The van der Waals surface area contributed by atoms with Gasteiger partial charge in [0.05, 0.1) is 11.1 Å². The minimum atomic E-state index is -0.349. The third-order valence-corrected chi connectivity index (χ3v) is 5.41. The van der Waals surface area contributed by atoms with E-state index in [-0.39, 0.29) is 58.9 Å². The summed E-state index contributed by atoms with van der Waals surface area (Å²) in [7, 11) is 0. The van der Waals surface area contributed by atoms with Gasteiger partial charge in [0.25, 0.3) is 0 Å². The lowest BCUT2D eigenvalue weighted by Gasteiger charge is -2.09. The predicted molar refractivity (Wildman–Crippen MR) is 142 cm³/mol. The van der Waals surface area contributed by atoms with Crippen LogP contribution < -0.4 is 9.47 Å². The molecule has 196 valence electrons. The topological polar surface area (TPSA) is 134 Å². The van der Waals surface area contributed by atoms with Gasteiger partial charge in [-0.1, -0.05) is 35.9 Å². The van der Waals surface area contributed by atoms with Crippen LogP contribution in [0.15, 0.2) is 84.9 Å². The van der Waals surface area contributed by atoms with Crippen LogP contribution >= 0.6 is 0 Å². The fourth-order valence-electron chi connectivity index (χ4n) is 3.31. The van der Waals surface area contributed by atoms with E-state index in [1.54, 1.807) is 18.2 Å². The standard InChI is InChI=1S/2C15H14O4/c1-10-2-5-12(6-3-10)19-9-15(18)13-7-4-11(16)8-14(13)17;1-10-4-2-3-5-15(10)19-9-14(18)12-7-6-11(16)8-13(12)17/h2*2-8,16-17H,9H2,1H3. The molecule has 0 unspecified atom stereocenters. The van der Waals surface area contributed by atoms with Crippen LogP contribution in [-0.4, -0.2) is 45.2 Å². The normalized spacial score (nSPS) is 10.2. The Labute approximate surface area is 220 Å². The van der Waals surface area contributed by atoms with Gasteiger partial charge in [-0.2, -0.15) is 0 Å². The van der Waals surface area contributed by atoms with E-state index in [4.69, 9.17) is 19.7 Å². The summed E-state index contributed by atoms with van der Waals surface area (Å²) in [5.41, 5.74) is 2.30. The van der Waals surface area contributed by atoms with Crippen molar-refractivity contribution in [1.82, 2.24) is 0 Å². The summed E-state index contributed by atoms with van der Waals surface area (Å²) in [4.78, 5) is 23.7. The average Bonchev–Trinajstić information content (AvgIpc) is 2.88. The van der Waals surface area contributed by atoms with Gasteiger partial charge < -0.3 is 29.9 Å². The number of carbonyl (C=O) groups excluding carboxylic acids is 2. The summed E-state index contributed by atoms with van der Waals surface area (Å²) < 4.78 is 10.8. The second kappa shape index (κ2) is 12.8. The number of aryl methyl sites for hydroxylation is 2. The molecule has 0 saturated heterocycles. The summed E-state index contributed by atoms with van der Waals surface area (Å²) in [6.45, 7) is 3.52. The molecule has 4 aromatic carbocycles. The van der Waals surface area contributed by atoms with Gasteiger partial charge in [0.15, 0.2) is 13.2 Å². The Morgan fingerprint density at radius 1 is 0.632 bits per heavy atom. The molecule has 4 aromatic rings. The molecule has 0 bridgehead atoms. The lowest BCUT2D eigenvalue weighted by molar-refractivity contribution is 0.0911. The van der Waals surface area contributed by atoms with E-state index >= 15 is 0 Å². The number of ether oxygens (including phenoxy) is 2. The number of hydrogen-bond acceptors (Lipinski definition) is 8. The zero-order valence-electron chi connectivity index (χ0n) is 20.9. The third-order valence-electron chi connectivity index (χ3n) is 5.41. The highest BCUT2D eigenvalue weighted by Crippen LogP contribution is 2.24. The molecule has 8 heteroatoms. The largest absolute Gasteiger partial charge is 0.508 e. The number of rotatable bonds is 8. The molecule has 0 spiro atoms. The Morgan fingerprint density at radius 3 is 1.63 bits per heavy atom. The maximum Gasteiger partial charge on any atom is 0.203 e. The zero-order chi connectivity index (χ0) is 27.7. The molecular formula is C30H28O8. The summed E-state index contributed by atoms with van der Waals surface area (Å²) >= 11 is 0. The van der Waals surface area contributed by atoms with Crippen LogP contribution in [0.3, 0.4) is 0 Å². The summed E-state index contributed by atoms with van der Waals surface area (Å²) in [6.07, 6.45) is 0. The highest BCUT2D eigenvalue weighted by atomic mass is 16.5. The Hall–Kier alpha value is -4.98. The molecule has 0 saturated carbocycles. The number of Topliss-reactive ketones (excluding diaryl/α,β-unsaturated/α-hetero) is 2. The molecule has 0 aliphatic heterocycles. The average molecular weight is 517 g/mol. The number of phenols is 4. The molecule has 8 nitrogen and oxygen atoms in total. The maximum absolute atomic E-state index is 11.9. The van der Waals surface area contributed by atoms with Crippen molar-refractivity contribution in [2.45, 2.75) is 13.8 Å². The number of carbonyl (C=O) groups is 2. The molecule has 4 rings (SSSR count). The molecule has 0 aliphatic carbocycles. The highest BCUT2D eigenvalue weighted by Gasteiger charge is 2.14. The first-order chi connectivity index (χ1) is 18.1. The van der Waals surface area contributed by atoms with Crippen LogP contribution in [-0.2, 0) is 0 Å². The van der Waals surface area contributed by atoms with Crippen molar-refractivity contribution in [3.05, 3.63) is 107 Å². The first-order valence-corrected chi connectivity index (χ1v) is 11.6. The van der Waals surface area contributed by atoms with Gasteiger partial charge in [0.2, 0.25) is 11.6 Å². The van der Waals surface area contributed by atoms with E-state index in [0.717, 1.165) is 23.3 Å². The summed E-state index contributed by atoms with van der Waals surface area (Å²) in [5, 5.41) is 37.4. The molecule has 0 radical (unpaired) electrons. The van der Waals surface area contributed by atoms with Crippen molar-refractivity contribution in [2.75, 3.05) is 13.2 Å². The smallest absolute Gasteiger partial charge is 0.203 e. The van der Waals surface area contributed by atoms with Gasteiger partial charge in [-0.15, -0.1) is 0 Å². The van der Waals surface area contributed by atoms with Gasteiger partial charge in [-0.3, -0.25) is 9.59 Å². The number of phenolic OH excluding ortho intramolecular Hbond substituents is 4. The quantitative estimate of drug-likeness (QED) is 0.231. The number of para-hydroxylation sites is 1. The maximum atomic E-state index is 11.9. The van der Waals surface area contributed by atoms with Crippen LogP contribution in [0.2, 0.25) is 0 Å². The molecule has 38 heavy (non-hydrogen) atoms. The van der Waals surface area contributed by atoms with Gasteiger partial charge in [-0.05, 0) is 61.9 Å². The van der Waals surface area contributed by atoms with Crippen molar-refractivity contribution in [2.24, 2.45) is 0 Å². The molecule has 0 aliphatic rings. The van der Waals surface area contributed by atoms with Crippen molar-refractivity contribution >= 4 is 11.6 Å². The fraction of sp³-hybridized carbons (Fsp3) is 0.133. The highest BCUT2D eigenvalue weighted by molar-refractivity contribution is 6.00. The predicted octanol–water partition coefficient (Wildman–Crippen LogP) is 5.34. The fourth-order valence-corrected chi connectivity index (χ4v) is 3.31. The number of hydrogen-bond donors (Lipinski definition) is 4. The molecular weight excluding hydrogens is 488 g/mol. The lowest BCUT2D eigenvalue weighted by Crippen LogP contribution is -2.12. The SMILES string of the molecule is Cc1ccc(OCC(=O)c2ccc(O)cc2O)cc1.Cc1ccccc1OCC(=O)c1ccc(O)cc1O. The van der Waals surface area contributed by atoms with Crippen LogP contribution in [0.4, 0.5) is 0 Å². The monoisotopic (exact) mass is 516 g/mol. The summed E-state index contributed by atoms with van der Waals surface area (Å²) in [5.74, 6) is -0.150. The van der Waals surface area contributed by atoms with Crippen LogP contribution in [0.5, 0.6) is 34.5 Å². The Balaban J connectivity index is 0.000000211. The van der Waals surface area contributed by atoms with E-state index < -0.39 is 0 Å². The van der Waals surface area contributed by atoms with Crippen LogP contribution in [0, 0.1) is 13.8 Å². The van der Waals surface area contributed by atoms with Gasteiger partial charge in [0.1, 0.15) is 34.5 Å². The van der Waals surface area contributed by atoms with E-state index in [1.807, 2.05) is 44.2 Å². The molecule has 4 N–H and O–H groups in total. The minimum Gasteiger partial charge on any atom is -0.508 e. The third kappa shape index (κ3) is 7.76. The van der Waals surface area contributed by atoms with Gasteiger partial charge in [-0.25, -0.2) is 0 Å². The van der Waals surface area contributed by atoms with Crippen LogP contribution in [0.25, 0.3) is 0 Å². The van der Waals surface area contributed by atoms with Crippen molar-refractivity contribution in [1.29, 1.82) is 0 Å². The lowest BCUT2D eigenvalue weighted by atomic mass is 10.1. The number of benzene rings is 4. The van der Waals surface area contributed by atoms with E-state index in [2.05, 4.69) is 0 Å². The number of aromatic hydroxyl groups is 4. The molecule has 0 aromatic heterocycles. The Bertz CT molecular complexity index is 1410. The van der Waals surface area contributed by atoms with E-state index in [1.165, 1.54) is 24.3 Å². The van der Waals surface area contributed by atoms with Gasteiger partial charge in [0, 0.05) is 12.1 Å². The van der Waals surface area contributed by atoms with Crippen LogP contribution in [0.1, 0.15) is 31.8 Å². The Morgan fingerprint density at radius 2 is 1.13 bits per heavy atom. The summed E-state index contributed by atoms with van der Waals surface area (Å²) in [6, 6.07) is 22.4. The first kappa shape index (κ1) is 27.6. The minimum absolute atomic E-state index is 0.0890. The molecule has 0 atom stereocenters. The van der Waals surface area contributed by atoms with Crippen molar-refractivity contribution in [3.63, 3.8) is 0 Å². The second-order valence-electron chi connectivity index (χ2n) is 8.41. The number of ketones is 2. The Kier molecular flexibility index (Phi) is 9.31. The first-order valence-electron chi connectivity index (χ1n) is 11.6. The molecule has 0 heterocycles. The molecule has 0 amide bonds. The van der Waals surface area contributed by atoms with E-state index in [0.29, 0.717) is 11.5 Å².